The van der Waals surface area contributed by atoms with Crippen molar-refractivity contribution >= 4 is 11.1 Å². The van der Waals surface area contributed by atoms with Crippen molar-refractivity contribution in [1.82, 2.24) is 0 Å². The van der Waals surface area contributed by atoms with Crippen LogP contribution in [0.3, 0.4) is 0 Å². The van der Waals surface area contributed by atoms with Gasteiger partial charge in [-0.3, -0.25) is 0 Å². The maximum atomic E-state index is 15.2. The van der Waals surface area contributed by atoms with Crippen LogP contribution in [0.1, 0.15) is 46.2 Å². The monoisotopic (exact) mass is 664 g/mol. The zero-order valence-corrected chi connectivity index (χ0v) is 23.0. The van der Waals surface area contributed by atoms with E-state index in [2.05, 4.69) is 0 Å². The number of rotatable bonds is 3. The van der Waals surface area contributed by atoms with Crippen LogP contribution in [0.2, 0.25) is 0 Å². The van der Waals surface area contributed by atoms with Crippen molar-refractivity contribution in [2.45, 2.75) is 19.8 Å². The fourth-order valence-corrected chi connectivity index (χ4v) is 6.18. The smallest absolute Gasteiger partial charge is 0.180 e. The molecule has 0 aromatic heterocycles. The van der Waals surface area contributed by atoms with Crippen LogP contribution >= 0.6 is 0 Å². The number of nitrogens with zero attached hydrogens (tertiary/aromatic N) is 4. The molecule has 2 fully saturated rings. The summed E-state index contributed by atoms with van der Waals surface area (Å²) in [5.41, 5.74) is -17.2. The van der Waals surface area contributed by atoms with Crippen molar-refractivity contribution in [1.29, 1.82) is 21.0 Å². The van der Waals surface area contributed by atoms with Crippen LogP contribution in [0, 0.1) is 133 Å². The van der Waals surface area contributed by atoms with Crippen LogP contribution in [0.15, 0.2) is 11.1 Å². The SMILES string of the molecule is Cc1c(F)c(F)c(C(C#N)=C2/C(=C(/C#N)c3c(F)c(F)c(C#N)c(F)c3F)C23C(C)C3c2c(F)c(F)c(C#N)c(F)c2F)c(F)c1F. The molecule has 2 saturated carbocycles. The molecule has 0 amide bonds. The molecule has 0 heterocycles. The van der Waals surface area contributed by atoms with Crippen LogP contribution in [0.25, 0.3) is 11.1 Å². The first-order valence-electron chi connectivity index (χ1n) is 12.7. The van der Waals surface area contributed by atoms with E-state index in [0.29, 0.717) is 6.92 Å². The minimum Gasteiger partial charge on any atom is -0.203 e. The maximum absolute atomic E-state index is 15.2. The van der Waals surface area contributed by atoms with E-state index in [1.807, 2.05) is 0 Å². The molecule has 3 atom stereocenters. The summed E-state index contributed by atoms with van der Waals surface area (Å²) in [5, 5.41) is 37.8. The van der Waals surface area contributed by atoms with Gasteiger partial charge in [-0.2, -0.15) is 21.0 Å². The summed E-state index contributed by atoms with van der Waals surface area (Å²) in [7, 11) is 0. The van der Waals surface area contributed by atoms with Gasteiger partial charge in [0.15, 0.2) is 69.8 Å². The fourth-order valence-electron chi connectivity index (χ4n) is 6.18. The second kappa shape index (κ2) is 10.7. The molecule has 0 bridgehead atoms. The van der Waals surface area contributed by atoms with Gasteiger partial charge in [-0.25, -0.2) is 52.7 Å². The molecule has 3 unspecified atom stereocenters. The predicted molar refractivity (Wildman–Crippen MR) is 132 cm³/mol. The zero-order chi connectivity index (χ0) is 35.2. The third-order valence-electron chi connectivity index (χ3n) is 8.42. The highest BCUT2D eigenvalue weighted by Crippen LogP contribution is 2.87. The molecule has 47 heavy (non-hydrogen) atoms. The first-order valence-corrected chi connectivity index (χ1v) is 12.7. The van der Waals surface area contributed by atoms with Gasteiger partial charge in [0.05, 0.1) is 22.3 Å². The van der Waals surface area contributed by atoms with Gasteiger partial charge >= 0.3 is 0 Å². The van der Waals surface area contributed by atoms with E-state index in [9.17, 15) is 36.9 Å². The van der Waals surface area contributed by atoms with E-state index in [0.717, 1.165) is 25.1 Å². The van der Waals surface area contributed by atoms with Gasteiger partial charge < -0.3 is 0 Å². The van der Waals surface area contributed by atoms with Crippen LogP contribution in [0.4, 0.5) is 52.7 Å². The Bertz CT molecular complexity index is 2180. The summed E-state index contributed by atoms with van der Waals surface area (Å²) in [6, 6.07) is 4.08. The molecule has 236 valence electrons. The number of nitriles is 4. The zero-order valence-electron chi connectivity index (χ0n) is 23.0. The van der Waals surface area contributed by atoms with E-state index in [4.69, 9.17) is 10.5 Å². The minimum atomic E-state index is -2.44. The molecule has 3 aromatic carbocycles. The maximum Gasteiger partial charge on any atom is 0.180 e. The van der Waals surface area contributed by atoms with Crippen molar-refractivity contribution in [3.05, 3.63) is 114 Å². The Morgan fingerprint density at radius 1 is 0.511 bits per heavy atom. The lowest BCUT2D eigenvalue weighted by Gasteiger charge is -2.09. The lowest BCUT2D eigenvalue weighted by atomic mass is 9.99. The van der Waals surface area contributed by atoms with Crippen molar-refractivity contribution in [2.24, 2.45) is 11.3 Å². The van der Waals surface area contributed by atoms with Crippen molar-refractivity contribution in [3.8, 4) is 24.3 Å². The molecule has 3 aromatic rings. The van der Waals surface area contributed by atoms with E-state index in [1.165, 1.54) is 6.07 Å². The van der Waals surface area contributed by atoms with Gasteiger partial charge in [-0.1, -0.05) is 6.92 Å². The molecular weight excluding hydrogens is 656 g/mol. The van der Waals surface area contributed by atoms with Crippen LogP contribution in [-0.4, -0.2) is 0 Å². The van der Waals surface area contributed by atoms with Gasteiger partial charge in [0.1, 0.15) is 35.4 Å². The topological polar surface area (TPSA) is 95.2 Å². The molecule has 16 heteroatoms. The van der Waals surface area contributed by atoms with E-state index in [-0.39, 0.29) is 0 Å². The predicted octanol–water partition coefficient (Wildman–Crippen LogP) is 8.10. The van der Waals surface area contributed by atoms with Crippen molar-refractivity contribution < 1.29 is 52.7 Å². The van der Waals surface area contributed by atoms with Gasteiger partial charge in [-0.05, 0) is 24.0 Å². The molecule has 4 nitrogen and oxygen atoms in total. The normalized spacial score (nSPS) is 21.5. The fraction of sp³-hybridized carbons (Fsp3) is 0.161. The average molecular weight is 664 g/mol. The van der Waals surface area contributed by atoms with Gasteiger partial charge in [0, 0.05) is 22.5 Å². The van der Waals surface area contributed by atoms with Gasteiger partial charge in [0.25, 0.3) is 0 Å². The lowest BCUT2D eigenvalue weighted by Crippen LogP contribution is -2.07. The van der Waals surface area contributed by atoms with E-state index < -0.39 is 143 Å². The molecule has 5 rings (SSSR count). The van der Waals surface area contributed by atoms with E-state index >= 15 is 26.3 Å². The van der Waals surface area contributed by atoms with Crippen molar-refractivity contribution in [3.63, 3.8) is 0 Å². The molecule has 2 aliphatic carbocycles. The third-order valence-corrected chi connectivity index (χ3v) is 8.42. The highest BCUT2D eigenvalue weighted by atomic mass is 19.2. The number of hydrogen-bond acceptors (Lipinski definition) is 4. The van der Waals surface area contributed by atoms with Crippen LogP contribution in [0.5, 0.6) is 0 Å². The summed E-state index contributed by atoms with van der Waals surface area (Å²) < 4.78 is 179. The first-order chi connectivity index (χ1) is 22.0. The minimum absolute atomic E-state index is 0.607. The summed E-state index contributed by atoms with van der Waals surface area (Å²) in [4.78, 5) is 0. The van der Waals surface area contributed by atoms with Crippen molar-refractivity contribution in [2.75, 3.05) is 0 Å². The molecule has 1 spiro atoms. The quantitative estimate of drug-likeness (QED) is 0.161. The second-order valence-electron chi connectivity index (χ2n) is 10.4. The molecule has 0 N–H and O–H groups in total. The number of allylic oxidation sites excluding steroid dienone is 4. The molecule has 0 radical (unpaired) electrons. The molecule has 0 saturated heterocycles. The molecule has 0 aliphatic heterocycles. The molecule has 2 aliphatic rings. The highest BCUT2D eigenvalue weighted by Gasteiger charge is 2.80. The highest BCUT2D eigenvalue weighted by molar-refractivity contribution is 6.02. The molecular formula is C31H8F12N4. The Kier molecular flexibility index (Phi) is 7.41. The summed E-state index contributed by atoms with van der Waals surface area (Å²) in [6.45, 7) is 1.61. The first kappa shape index (κ1) is 32.6. The Morgan fingerprint density at radius 3 is 1.15 bits per heavy atom. The lowest BCUT2D eigenvalue weighted by molar-refractivity contribution is 0.433. The Hall–Kier alpha value is -5.74. The van der Waals surface area contributed by atoms with Crippen LogP contribution < -0.4 is 0 Å². The van der Waals surface area contributed by atoms with E-state index in [1.54, 1.807) is 0 Å². The second-order valence-corrected chi connectivity index (χ2v) is 10.4. The third kappa shape index (κ3) is 3.94. The Labute approximate surface area is 254 Å². The summed E-state index contributed by atoms with van der Waals surface area (Å²) in [5.74, 6) is -30.3. The summed E-state index contributed by atoms with van der Waals surface area (Å²) >= 11 is 0. The van der Waals surface area contributed by atoms with Gasteiger partial charge in [-0.15, -0.1) is 0 Å². The Morgan fingerprint density at radius 2 is 0.830 bits per heavy atom. The number of hydrogen-bond donors (Lipinski definition) is 0. The largest absolute Gasteiger partial charge is 0.203 e. The Balaban J connectivity index is 1.98. The average Bonchev–Trinajstić information content (AvgIpc) is 3.89. The standard InChI is InChI=1S/C31H8F12N4/c1-7-19(32)25(38)13(26(39)20(7)33)9(3-44)17-18(10(4-45)14-27(40)21(34)11(5-46)22(35)28(14)41)31(17)8(2)16(31)15-29(42)23(36)12(6-47)24(37)30(15)43/h8,16H,1-2H3/b17-9?,18-10+. The summed E-state index contributed by atoms with van der Waals surface area (Å²) in [6.07, 6.45) is 0. The van der Waals surface area contributed by atoms with Crippen LogP contribution in [-0.2, 0) is 0 Å². The number of benzene rings is 3. The number of halogens is 12. The van der Waals surface area contributed by atoms with Gasteiger partial charge in [0.2, 0.25) is 0 Å².